The topological polar surface area (TPSA) is 37.9 Å². The van der Waals surface area contributed by atoms with Crippen molar-refractivity contribution in [1.82, 2.24) is 9.97 Å². The third kappa shape index (κ3) is 4.65. The molecule has 0 spiro atoms. The van der Waals surface area contributed by atoms with Crippen molar-refractivity contribution in [3.63, 3.8) is 0 Å². The molecule has 0 aliphatic heterocycles. The van der Waals surface area contributed by atoms with Gasteiger partial charge in [0, 0.05) is 26.7 Å². The quantitative estimate of drug-likeness (QED) is 0.271. The lowest BCUT2D eigenvalue weighted by Gasteiger charge is -2.11. The van der Waals surface area contributed by atoms with Crippen LogP contribution in [0.15, 0.2) is 103 Å². The highest BCUT2D eigenvalue weighted by atomic mass is 35.5. The van der Waals surface area contributed by atoms with E-state index in [9.17, 15) is 0 Å². The minimum absolute atomic E-state index is 0.339. The van der Waals surface area contributed by atoms with E-state index in [1.54, 1.807) is 0 Å². The summed E-state index contributed by atoms with van der Waals surface area (Å²) in [6.45, 7) is 0.339. The summed E-state index contributed by atoms with van der Waals surface area (Å²) in [5.41, 5.74) is 5.58. The average Bonchev–Trinajstić information content (AvgIpc) is 3.31. The minimum Gasteiger partial charge on any atom is -0.488 e. The van der Waals surface area contributed by atoms with Gasteiger partial charge in [0.2, 0.25) is 0 Å². The molecule has 0 bridgehead atoms. The Morgan fingerprint density at radius 1 is 0.727 bits per heavy atom. The lowest BCUT2D eigenvalue weighted by molar-refractivity contribution is 0.307. The van der Waals surface area contributed by atoms with E-state index >= 15 is 0 Å². The van der Waals surface area contributed by atoms with Crippen molar-refractivity contribution in [3.8, 4) is 39.7 Å². The summed E-state index contributed by atoms with van der Waals surface area (Å²) in [4.78, 5) is 8.50. The van der Waals surface area contributed by atoms with Gasteiger partial charge in [0.05, 0.1) is 17.0 Å². The van der Waals surface area contributed by atoms with Crippen molar-refractivity contribution < 1.29 is 4.74 Å². The van der Waals surface area contributed by atoms with E-state index in [0.717, 1.165) is 33.6 Å². The molecule has 1 aromatic heterocycles. The number of nitrogens with zero attached hydrogens (tertiary/aromatic N) is 1. The molecule has 1 heterocycles. The largest absolute Gasteiger partial charge is 0.488 e. The number of aromatic nitrogens is 2. The van der Waals surface area contributed by atoms with E-state index in [1.165, 1.54) is 0 Å². The van der Waals surface area contributed by atoms with E-state index < -0.39 is 0 Å². The van der Waals surface area contributed by atoms with Gasteiger partial charge in [-0.1, -0.05) is 102 Å². The van der Waals surface area contributed by atoms with Crippen molar-refractivity contribution in [2.75, 3.05) is 0 Å². The van der Waals surface area contributed by atoms with Crippen LogP contribution in [0.4, 0.5) is 0 Å². The van der Waals surface area contributed by atoms with Crippen LogP contribution in [-0.4, -0.2) is 9.97 Å². The molecule has 0 aliphatic rings. The highest BCUT2D eigenvalue weighted by molar-refractivity contribution is 6.31. The van der Waals surface area contributed by atoms with Crippen LogP contribution < -0.4 is 4.74 Å². The number of H-pyrrole nitrogens is 1. The van der Waals surface area contributed by atoms with Crippen LogP contribution in [0.1, 0.15) is 5.56 Å². The maximum absolute atomic E-state index is 6.37. The normalized spacial score (nSPS) is 10.8. The second kappa shape index (κ2) is 9.53. The van der Waals surface area contributed by atoms with Crippen molar-refractivity contribution in [1.29, 1.82) is 0 Å². The molecule has 3 nitrogen and oxygen atoms in total. The maximum atomic E-state index is 6.37. The van der Waals surface area contributed by atoms with Crippen LogP contribution in [0, 0.1) is 0 Å². The Hall–Kier alpha value is -3.53. The van der Waals surface area contributed by atoms with Crippen molar-refractivity contribution in [3.05, 3.63) is 119 Å². The van der Waals surface area contributed by atoms with Crippen LogP contribution in [0.3, 0.4) is 0 Å². The lowest BCUT2D eigenvalue weighted by atomic mass is 10.1. The molecule has 5 aromatic rings. The predicted molar refractivity (Wildman–Crippen MR) is 136 cm³/mol. The molecule has 0 radical (unpaired) electrons. The number of imidazole rings is 1. The van der Waals surface area contributed by atoms with Crippen LogP contribution in [0.5, 0.6) is 5.75 Å². The van der Waals surface area contributed by atoms with Crippen molar-refractivity contribution >= 4 is 23.2 Å². The molecule has 5 heteroatoms. The molecule has 0 amide bonds. The van der Waals surface area contributed by atoms with Crippen LogP contribution in [-0.2, 0) is 6.61 Å². The predicted octanol–water partition coefficient (Wildman–Crippen LogP) is 8.30. The summed E-state index contributed by atoms with van der Waals surface area (Å²) in [6.07, 6.45) is 0. The fourth-order valence-corrected chi connectivity index (χ4v) is 4.07. The van der Waals surface area contributed by atoms with Gasteiger partial charge < -0.3 is 9.72 Å². The van der Waals surface area contributed by atoms with Gasteiger partial charge in [-0.05, 0) is 24.3 Å². The molecule has 0 saturated carbocycles. The fraction of sp³-hybridized carbons (Fsp3) is 0.0357. The molecule has 4 aromatic carbocycles. The number of halogens is 2. The molecule has 33 heavy (non-hydrogen) atoms. The van der Waals surface area contributed by atoms with Gasteiger partial charge in [-0.15, -0.1) is 0 Å². The highest BCUT2D eigenvalue weighted by Crippen LogP contribution is 2.37. The Balaban J connectivity index is 1.59. The van der Waals surface area contributed by atoms with Crippen molar-refractivity contribution in [2.24, 2.45) is 0 Å². The third-order valence-corrected chi connectivity index (χ3v) is 5.96. The molecule has 0 fully saturated rings. The second-order valence-electron chi connectivity index (χ2n) is 7.56. The number of nitrogens with one attached hydrogen (secondary N) is 1. The summed E-state index contributed by atoms with van der Waals surface area (Å²) in [7, 11) is 0. The highest BCUT2D eigenvalue weighted by Gasteiger charge is 2.18. The Labute approximate surface area is 202 Å². The van der Waals surface area contributed by atoms with Crippen molar-refractivity contribution in [2.45, 2.75) is 6.61 Å². The zero-order chi connectivity index (χ0) is 22.6. The number of rotatable bonds is 6. The fourth-order valence-electron chi connectivity index (χ4n) is 3.70. The molecule has 162 valence electrons. The molecular weight excluding hydrogens is 451 g/mol. The first-order chi connectivity index (χ1) is 16.2. The first-order valence-electron chi connectivity index (χ1n) is 10.6. The van der Waals surface area contributed by atoms with Gasteiger partial charge in [0.15, 0.2) is 0 Å². The SMILES string of the molecule is Clc1ccc(OCc2ccccc2Cl)c(-c2nc(-c3ccccc3)c(-c3ccccc3)[nH]2)c1. The van der Waals surface area contributed by atoms with Gasteiger partial charge >= 0.3 is 0 Å². The standard InChI is InChI=1S/C28H20Cl2N2O/c29-22-15-16-25(33-18-21-13-7-8-14-24(21)30)23(17-22)28-31-26(19-9-3-1-4-10-19)27(32-28)20-11-5-2-6-12-20/h1-17H,18H2,(H,31,32). The Bertz CT molecular complexity index is 1320. The summed E-state index contributed by atoms with van der Waals surface area (Å²) in [6, 6.07) is 33.5. The molecule has 0 saturated heterocycles. The summed E-state index contributed by atoms with van der Waals surface area (Å²) >= 11 is 12.7. The average molecular weight is 471 g/mol. The Morgan fingerprint density at radius 2 is 1.39 bits per heavy atom. The maximum Gasteiger partial charge on any atom is 0.142 e. The monoisotopic (exact) mass is 470 g/mol. The number of aromatic amines is 1. The number of benzene rings is 4. The van der Waals surface area contributed by atoms with Gasteiger partial charge in [-0.25, -0.2) is 4.98 Å². The number of hydrogen-bond acceptors (Lipinski definition) is 2. The first-order valence-corrected chi connectivity index (χ1v) is 11.3. The number of hydrogen-bond donors (Lipinski definition) is 1. The summed E-state index contributed by atoms with van der Waals surface area (Å²) in [5, 5.41) is 1.28. The first kappa shape index (κ1) is 21.3. The second-order valence-corrected chi connectivity index (χ2v) is 8.41. The van der Waals surface area contributed by atoms with Crippen LogP contribution in [0.2, 0.25) is 10.0 Å². The smallest absolute Gasteiger partial charge is 0.142 e. The third-order valence-electron chi connectivity index (χ3n) is 5.35. The molecule has 0 unspecified atom stereocenters. The minimum atomic E-state index is 0.339. The molecule has 5 rings (SSSR count). The van der Waals surface area contributed by atoms with E-state index in [1.807, 2.05) is 78.9 Å². The van der Waals surface area contributed by atoms with Gasteiger partial charge in [0.25, 0.3) is 0 Å². The van der Waals surface area contributed by atoms with Crippen LogP contribution >= 0.6 is 23.2 Å². The van der Waals surface area contributed by atoms with Crippen LogP contribution in [0.25, 0.3) is 33.9 Å². The zero-order valence-electron chi connectivity index (χ0n) is 17.6. The molecular formula is C28H20Cl2N2O. The molecule has 0 atom stereocenters. The zero-order valence-corrected chi connectivity index (χ0v) is 19.1. The number of ether oxygens (including phenoxy) is 1. The van der Waals surface area contributed by atoms with E-state index in [0.29, 0.717) is 28.2 Å². The van der Waals surface area contributed by atoms with E-state index in [2.05, 4.69) is 29.2 Å². The Morgan fingerprint density at radius 3 is 2.12 bits per heavy atom. The molecule has 1 N–H and O–H groups in total. The summed E-state index contributed by atoms with van der Waals surface area (Å²) in [5.74, 6) is 1.36. The van der Waals surface area contributed by atoms with E-state index in [4.69, 9.17) is 32.9 Å². The van der Waals surface area contributed by atoms with Gasteiger partial charge in [-0.3, -0.25) is 0 Å². The van der Waals surface area contributed by atoms with Gasteiger partial charge in [0.1, 0.15) is 18.2 Å². The summed E-state index contributed by atoms with van der Waals surface area (Å²) < 4.78 is 6.17. The Kier molecular flexibility index (Phi) is 6.16. The van der Waals surface area contributed by atoms with Gasteiger partial charge in [-0.2, -0.15) is 0 Å². The van der Waals surface area contributed by atoms with E-state index in [-0.39, 0.29) is 0 Å². The lowest BCUT2D eigenvalue weighted by Crippen LogP contribution is -1.98. The molecule has 0 aliphatic carbocycles.